The van der Waals surface area contributed by atoms with Gasteiger partial charge >= 0.3 is 6.03 Å². The van der Waals surface area contributed by atoms with Gasteiger partial charge < -0.3 is 15.0 Å². The van der Waals surface area contributed by atoms with E-state index in [1.54, 1.807) is 31.4 Å². The normalized spacial score (nSPS) is 13.4. The SMILES string of the molecule is COc1ccc(N2CCN=C2NC(=O)Nc2cccc(Cl)c2)cc1. The summed E-state index contributed by atoms with van der Waals surface area (Å²) in [5, 5.41) is 6.07. The summed E-state index contributed by atoms with van der Waals surface area (Å²) >= 11 is 5.91. The van der Waals surface area contributed by atoms with Gasteiger partial charge in [0.1, 0.15) is 5.75 Å². The Hall–Kier alpha value is -2.73. The maximum Gasteiger partial charge on any atom is 0.326 e. The highest BCUT2D eigenvalue weighted by molar-refractivity contribution is 6.30. The molecule has 2 N–H and O–H groups in total. The molecular weight excluding hydrogens is 328 g/mol. The van der Waals surface area contributed by atoms with Crippen LogP contribution in [0.4, 0.5) is 16.2 Å². The van der Waals surface area contributed by atoms with Crippen molar-refractivity contribution < 1.29 is 9.53 Å². The lowest BCUT2D eigenvalue weighted by molar-refractivity contribution is 0.256. The van der Waals surface area contributed by atoms with E-state index in [0.29, 0.717) is 29.8 Å². The number of ether oxygens (including phenoxy) is 1. The van der Waals surface area contributed by atoms with E-state index in [4.69, 9.17) is 16.3 Å². The number of hydrogen-bond donors (Lipinski definition) is 2. The Kier molecular flexibility index (Phi) is 4.86. The minimum absolute atomic E-state index is 0.364. The fraction of sp³-hybridized carbons (Fsp3) is 0.176. The number of anilines is 2. The zero-order chi connectivity index (χ0) is 16.9. The maximum absolute atomic E-state index is 12.2. The smallest absolute Gasteiger partial charge is 0.326 e. The Balaban J connectivity index is 1.66. The van der Waals surface area contributed by atoms with Gasteiger partial charge in [-0.3, -0.25) is 10.3 Å². The quantitative estimate of drug-likeness (QED) is 0.897. The van der Waals surface area contributed by atoms with Crippen LogP contribution in [0.3, 0.4) is 0 Å². The van der Waals surface area contributed by atoms with Crippen molar-refractivity contribution in [3.8, 4) is 5.75 Å². The van der Waals surface area contributed by atoms with Crippen molar-refractivity contribution in [1.82, 2.24) is 5.32 Å². The number of hydrogen-bond acceptors (Lipinski definition) is 4. The van der Waals surface area contributed by atoms with Crippen LogP contribution in [0.15, 0.2) is 53.5 Å². The van der Waals surface area contributed by atoms with Crippen molar-refractivity contribution in [2.45, 2.75) is 0 Å². The zero-order valence-electron chi connectivity index (χ0n) is 13.1. The van der Waals surface area contributed by atoms with Crippen LogP contribution in [-0.2, 0) is 0 Å². The van der Waals surface area contributed by atoms with Gasteiger partial charge in [-0.05, 0) is 42.5 Å². The van der Waals surface area contributed by atoms with Gasteiger partial charge in [-0.15, -0.1) is 0 Å². The lowest BCUT2D eigenvalue weighted by Gasteiger charge is -2.21. The molecule has 2 amide bonds. The third-order valence-electron chi connectivity index (χ3n) is 3.53. The Morgan fingerprint density at radius 1 is 1.21 bits per heavy atom. The molecule has 0 radical (unpaired) electrons. The molecule has 0 spiro atoms. The Labute approximate surface area is 145 Å². The summed E-state index contributed by atoms with van der Waals surface area (Å²) in [6.07, 6.45) is 0. The van der Waals surface area contributed by atoms with E-state index in [0.717, 1.165) is 11.4 Å². The van der Waals surface area contributed by atoms with Gasteiger partial charge in [0.05, 0.1) is 13.7 Å². The molecule has 0 fully saturated rings. The number of carbonyl (C=O) groups excluding carboxylic acids is 1. The van der Waals surface area contributed by atoms with Crippen molar-refractivity contribution in [2.24, 2.45) is 4.99 Å². The molecule has 0 unspecified atom stereocenters. The van der Waals surface area contributed by atoms with Gasteiger partial charge in [-0.25, -0.2) is 4.79 Å². The first kappa shape index (κ1) is 16.1. The number of benzene rings is 2. The summed E-state index contributed by atoms with van der Waals surface area (Å²) < 4.78 is 5.16. The molecule has 124 valence electrons. The van der Waals surface area contributed by atoms with Gasteiger partial charge in [0.25, 0.3) is 0 Å². The topological polar surface area (TPSA) is 66.0 Å². The van der Waals surface area contributed by atoms with Crippen molar-refractivity contribution in [3.05, 3.63) is 53.6 Å². The summed E-state index contributed by atoms with van der Waals surface area (Å²) in [5.74, 6) is 1.29. The van der Waals surface area contributed by atoms with Gasteiger partial charge in [0.2, 0.25) is 5.96 Å². The first-order chi connectivity index (χ1) is 11.7. The molecule has 6 nitrogen and oxygen atoms in total. The summed E-state index contributed by atoms with van der Waals surface area (Å²) in [7, 11) is 1.62. The first-order valence-corrected chi connectivity index (χ1v) is 7.83. The molecule has 1 aliphatic heterocycles. The maximum atomic E-state index is 12.2. The Bertz CT molecular complexity index is 761. The second-order valence-corrected chi connectivity index (χ2v) is 5.58. The standard InChI is InChI=1S/C17H17ClN4O2/c1-24-15-7-5-14(6-8-15)22-10-9-19-16(22)21-17(23)20-13-4-2-3-12(18)11-13/h2-8,11H,9-10H2,1H3,(H2,19,20,21,23). The molecular formula is C17H17ClN4O2. The van der Waals surface area contributed by atoms with Crippen LogP contribution < -0.4 is 20.3 Å². The molecule has 2 aromatic carbocycles. The number of nitrogens with zero attached hydrogens (tertiary/aromatic N) is 2. The molecule has 0 saturated heterocycles. The number of amides is 2. The molecule has 0 saturated carbocycles. The summed E-state index contributed by atoms with van der Waals surface area (Å²) in [6, 6.07) is 14.2. The Morgan fingerprint density at radius 3 is 2.71 bits per heavy atom. The highest BCUT2D eigenvalue weighted by Crippen LogP contribution is 2.21. The summed E-state index contributed by atoms with van der Waals surface area (Å²) in [4.78, 5) is 18.5. The van der Waals surface area contributed by atoms with E-state index in [9.17, 15) is 4.79 Å². The van der Waals surface area contributed by atoms with Crippen LogP contribution >= 0.6 is 11.6 Å². The lowest BCUT2D eigenvalue weighted by atomic mass is 10.3. The lowest BCUT2D eigenvalue weighted by Crippen LogP contribution is -2.43. The fourth-order valence-electron chi connectivity index (χ4n) is 2.40. The van der Waals surface area contributed by atoms with Gasteiger partial charge in [0.15, 0.2) is 0 Å². The van der Waals surface area contributed by atoms with Crippen molar-refractivity contribution in [1.29, 1.82) is 0 Å². The van der Waals surface area contributed by atoms with E-state index in [-0.39, 0.29) is 6.03 Å². The van der Waals surface area contributed by atoms with Crippen molar-refractivity contribution in [2.75, 3.05) is 30.4 Å². The molecule has 3 rings (SSSR count). The number of halogens is 1. The van der Waals surface area contributed by atoms with Crippen LogP contribution in [-0.4, -0.2) is 32.2 Å². The number of guanidine groups is 1. The van der Waals surface area contributed by atoms with E-state index in [1.807, 2.05) is 29.2 Å². The van der Waals surface area contributed by atoms with Crippen LogP contribution in [0.2, 0.25) is 5.02 Å². The molecule has 0 aliphatic carbocycles. The van der Waals surface area contributed by atoms with Gasteiger partial charge in [-0.2, -0.15) is 0 Å². The second-order valence-electron chi connectivity index (χ2n) is 5.14. The van der Waals surface area contributed by atoms with E-state index in [1.165, 1.54) is 0 Å². The van der Waals surface area contributed by atoms with E-state index in [2.05, 4.69) is 15.6 Å². The zero-order valence-corrected chi connectivity index (χ0v) is 13.9. The third-order valence-corrected chi connectivity index (χ3v) is 3.77. The predicted molar refractivity (Wildman–Crippen MR) is 96.2 cm³/mol. The highest BCUT2D eigenvalue weighted by atomic mass is 35.5. The van der Waals surface area contributed by atoms with Crippen molar-refractivity contribution >= 4 is 35.0 Å². The van der Waals surface area contributed by atoms with E-state index < -0.39 is 0 Å². The number of urea groups is 1. The largest absolute Gasteiger partial charge is 0.497 e. The number of aliphatic imine (C=N–C) groups is 1. The van der Waals surface area contributed by atoms with Crippen LogP contribution in [0.1, 0.15) is 0 Å². The average Bonchev–Trinajstić information content (AvgIpc) is 3.03. The van der Waals surface area contributed by atoms with Crippen LogP contribution in [0.25, 0.3) is 0 Å². The molecule has 1 aliphatic rings. The average molecular weight is 345 g/mol. The number of nitrogens with one attached hydrogen (secondary N) is 2. The fourth-order valence-corrected chi connectivity index (χ4v) is 2.59. The summed E-state index contributed by atoms with van der Waals surface area (Å²) in [6.45, 7) is 1.33. The molecule has 0 aromatic heterocycles. The second kappa shape index (κ2) is 7.23. The Morgan fingerprint density at radius 2 is 2.00 bits per heavy atom. The number of rotatable bonds is 3. The molecule has 0 bridgehead atoms. The predicted octanol–water partition coefficient (Wildman–Crippen LogP) is 3.35. The first-order valence-electron chi connectivity index (χ1n) is 7.45. The number of carbonyl (C=O) groups is 1. The monoisotopic (exact) mass is 344 g/mol. The van der Waals surface area contributed by atoms with Crippen molar-refractivity contribution in [3.63, 3.8) is 0 Å². The minimum Gasteiger partial charge on any atom is -0.497 e. The molecule has 2 aromatic rings. The summed E-state index contributed by atoms with van der Waals surface area (Å²) in [5.41, 5.74) is 1.56. The highest BCUT2D eigenvalue weighted by Gasteiger charge is 2.20. The molecule has 7 heteroatoms. The minimum atomic E-state index is -0.364. The van der Waals surface area contributed by atoms with Crippen LogP contribution in [0.5, 0.6) is 5.75 Å². The van der Waals surface area contributed by atoms with Crippen LogP contribution in [0, 0.1) is 0 Å². The molecule has 1 heterocycles. The number of methoxy groups -OCH3 is 1. The van der Waals surface area contributed by atoms with Gasteiger partial charge in [0, 0.05) is 22.9 Å². The van der Waals surface area contributed by atoms with Gasteiger partial charge in [-0.1, -0.05) is 17.7 Å². The van der Waals surface area contributed by atoms with E-state index >= 15 is 0 Å². The molecule has 24 heavy (non-hydrogen) atoms. The third kappa shape index (κ3) is 3.78. The molecule has 0 atom stereocenters.